The van der Waals surface area contributed by atoms with Gasteiger partial charge in [-0.3, -0.25) is 0 Å². The summed E-state index contributed by atoms with van der Waals surface area (Å²) < 4.78 is 11.1. The highest BCUT2D eigenvalue weighted by Crippen LogP contribution is 2.25. The number of ether oxygens (including phenoxy) is 2. The Hall–Kier alpha value is -1.22. The SMILES string of the molecule is COc1ccc(OC2(C)CCCNC2)cc1. The molecule has 1 atom stereocenters. The summed E-state index contributed by atoms with van der Waals surface area (Å²) in [6.45, 7) is 4.17. The maximum absolute atomic E-state index is 6.02. The van der Waals surface area contributed by atoms with Crippen LogP contribution >= 0.6 is 0 Å². The monoisotopic (exact) mass is 221 g/mol. The predicted molar refractivity (Wildman–Crippen MR) is 64.1 cm³/mol. The van der Waals surface area contributed by atoms with E-state index in [9.17, 15) is 0 Å². The van der Waals surface area contributed by atoms with Crippen molar-refractivity contribution in [3.8, 4) is 11.5 Å². The first kappa shape index (κ1) is 11.3. The topological polar surface area (TPSA) is 30.5 Å². The second-order valence-electron chi connectivity index (χ2n) is 4.51. The van der Waals surface area contributed by atoms with Gasteiger partial charge in [-0.1, -0.05) is 0 Å². The Bertz CT molecular complexity index is 328. The minimum atomic E-state index is -0.0765. The third-order valence-corrected chi connectivity index (χ3v) is 2.98. The van der Waals surface area contributed by atoms with Crippen molar-refractivity contribution in [1.29, 1.82) is 0 Å². The first-order valence-corrected chi connectivity index (χ1v) is 5.76. The molecule has 16 heavy (non-hydrogen) atoms. The van der Waals surface area contributed by atoms with Crippen molar-refractivity contribution in [2.24, 2.45) is 0 Å². The summed E-state index contributed by atoms with van der Waals surface area (Å²) in [4.78, 5) is 0. The van der Waals surface area contributed by atoms with Crippen molar-refractivity contribution in [3.05, 3.63) is 24.3 Å². The minimum Gasteiger partial charge on any atom is -0.497 e. The zero-order chi connectivity index (χ0) is 11.4. The summed E-state index contributed by atoms with van der Waals surface area (Å²) >= 11 is 0. The van der Waals surface area contributed by atoms with Gasteiger partial charge < -0.3 is 14.8 Å². The van der Waals surface area contributed by atoms with Gasteiger partial charge in [-0.15, -0.1) is 0 Å². The fourth-order valence-electron chi connectivity index (χ4n) is 2.04. The van der Waals surface area contributed by atoms with Gasteiger partial charge in [-0.2, -0.15) is 0 Å². The molecule has 1 fully saturated rings. The van der Waals surface area contributed by atoms with Crippen molar-refractivity contribution >= 4 is 0 Å². The van der Waals surface area contributed by atoms with Crippen LogP contribution in [0.4, 0.5) is 0 Å². The first-order chi connectivity index (χ1) is 7.72. The number of rotatable bonds is 3. The molecule has 0 saturated carbocycles. The van der Waals surface area contributed by atoms with Gasteiger partial charge in [0, 0.05) is 6.54 Å². The Morgan fingerprint density at radius 2 is 1.88 bits per heavy atom. The van der Waals surface area contributed by atoms with Crippen LogP contribution in [0.5, 0.6) is 11.5 Å². The third kappa shape index (κ3) is 2.67. The van der Waals surface area contributed by atoms with E-state index < -0.39 is 0 Å². The van der Waals surface area contributed by atoms with E-state index in [2.05, 4.69) is 12.2 Å². The number of piperidine rings is 1. The highest BCUT2D eigenvalue weighted by molar-refractivity contribution is 5.31. The average Bonchev–Trinajstić information content (AvgIpc) is 2.30. The molecular formula is C13H19NO2. The van der Waals surface area contributed by atoms with Crippen LogP contribution in [-0.2, 0) is 0 Å². The van der Waals surface area contributed by atoms with Crippen molar-refractivity contribution < 1.29 is 9.47 Å². The van der Waals surface area contributed by atoms with Crippen LogP contribution in [0.15, 0.2) is 24.3 Å². The number of hydrogen-bond acceptors (Lipinski definition) is 3. The molecule has 2 rings (SSSR count). The molecule has 1 aliphatic rings. The predicted octanol–water partition coefficient (Wildman–Crippen LogP) is 2.22. The standard InChI is InChI=1S/C13H19NO2/c1-13(8-3-9-14-10-13)16-12-6-4-11(15-2)5-7-12/h4-7,14H,3,8-10H2,1-2H3. The Morgan fingerprint density at radius 1 is 1.19 bits per heavy atom. The Labute approximate surface area is 96.8 Å². The van der Waals surface area contributed by atoms with Crippen LogP contribution < -0.4 is 14.8 Å². The maximum Gasteiger partial charge on any atom is 0.120 e. The Morgan fingerprint density at radius 3 is 2.44 bits per heavy atom. The third-order valence-electron chi connectivity index (χ3n) is 2.98. The molecule has 1 unspecified atom stereocenters. The summed E-state index contributed by atoms with van der Waals surface area (Å²) in [6, 6.07) is 7.77. The lowest BCUT2D eigenvalue weighted by Crippen LogP contribution is -2.47. The zero-order valence-electron chi connectivity index (χ0n) is 9.95. The molecule has 0 amide bonds. The fraction of sp³-hybridized carbons (Fsp3) is 0.538. The molecule has 0 aromatic heterocycles. The van der Waals surface area contributed by atoms with E-state index in [1.54, 1.807) is 7.11 Å². The van der Waals surface area contributed by atoms with E-state index in [0.717, 1.165) is 31.0 Å². The molecule has 0 bridgehead atoms. The molecule has 1 N–H and O–H groups in total. The van der Waals surface area contributed by atoms with Gasteiger partial charge in [-0.25, -0.2) is 0 Å². The van der Waals surface area contributed by atoms with Crippen LogP contribution in [0.2, 0.25) is 0 Å². The number of methoxy groups -OCH3 is 1. The van der Waals surface area contributed by atoms with Gasteiger partial charge in [0.15, 0.2) is 0 Å². The second kappa shape index (κ2) is 4.74. The summed E-state index contributed by atoms with van der Waals surface area (Å²) in [7, 11) is 1.67. The molecule has 1 heterocycles. The van der Waals surface area contributed by atoms with E-state index >= 15 is 0 Å². The highest BCUT2D eigenvalue weighted by atomic mass is 16.5. The van der Waals surface area contributed by atoms with Crippen molar-refractivity contribution in [2.75, 3.05) is 20.2 Å². The molecule has 1 aromatic carbocycles. The number of benzene rings is 1. The highest BCUT2D eigenvalue weighted by Gasteiger charge is 2.28. The smallest absolute Gasteiger partial charge is 0.120 e. The summed E-state index contributed by atoms with van der Waals surface area (Å²) in [5.41, 5.74) is -0.0765. The molecule has 0 aliphatic carbocycles. The molecule has 1 saturated heterocycles. The van der Waals surface area contributed by atoms with Crippen LogP contribution in [0, 0.1) is 0 Å². The quantitative estimate of drug-likeness (QED) is 0.849. The van der Waals surface area contributed by atoms with Crippen LogP contribution in [0.3, 0.4) is 0 Å². The lowest BCUT2D eigenvalue weighted by atomic mass is 9.96. The van der Waals surface area contributed by atoms with Crippen molar-refractivity contribution in [1.82, 2.24) is 5.32 Å². The largest absolute Gasteiger partial charge is 0.497 e. The van der Waals surface area contributed by atoms with Gasteiger partial charge in [0.25, 0.3) is 0 Å². The summed E-state index contributed by atoms with van der Waals surface area (Å²) in [6.07, 6.45) is 2.28. The number of hydrogen-bond donors (Lipinski definition) is 1. The van der Waals surface area contributed by atoms with Crippen molar-refractivity contribution in [2.45, 2.75) is 25.4 Å². The molecule has 1 aliphatic heterocycles. The maximum atomic E-state index is 6.02. The first-order valence-electron chi connectivity index (χ1n) is 5.76. The Kier molecular flexibility index (Phi) is 3.34. The van der Waals surface area contributed by atoms with Gasteiger partial charge in [0.2, 0.25) is 0 Å². The van der Waals surface area contributed by atoms with Gasteiger partial charge in [0.1, 0.15) is 17.1 Å². The summed E-state index contributed by atoms with van der Waals surface area (Å²) in [5.74, 6) is 1.77. The van der Waals surface area contributed by atoms with E-state index in [-0.39, 0.29) is 5.60 Å². The average molecular weight is 221 g/mol. The van der Waals surface area contributed by atoms with Gasteiger partial charge in [-0.05, 0) is 50.6 Å². The molecule has 0 spiro atoms. The van der Waals surface area contributed by atoms with Gasteiger partial charge in [0.05, 0.1) is 7.11 Å². The molecule has 0 radical (unpaired) electrons. The molecule has 3 nitrogen and oxygen atoms in total. The molecule has 88 valence electrons. The second-order valence-corrected chi connectivity index (χ2v) is 4.51. The fourth-order valence-corrected chi connectivity index (χ4v) is 2.04. The minimum absolute atomic E-state index is 0.0765. The molecule has 1 aromatic rings. The summed E-state index contributed by atoms with van der Waals surface area (Å²) in [5, 5.41) is 3.37. The van der Waals surface area contributed by atoms with E-state index in [4.69, 9.17) is 9.47 Å². The van der Waals surface area contributed by atoms with Crippen LogP contribution in [-0.4, -0.2) is 25.8 Å². The Balaban J connectivity index is 2.01. The molecule has 3 heteroatoms. The zero-order valence-corrected chi connectivity index (χ0v) is 9.95. The number of nitrogens with one attached hydrogen (secondary N) is 1. The van der Waals surface area contributed by atoms with E-state index in [1.807, 2.05) is 24.3 Å². The molecular weight excluding hydrogens is 202 g/mol. The van der Waals surface area contributed by atoms with Gasteiger partial charge >= 0.3 is 0 Å². The lowest BCUT2D eigenvalue weighted by molar-refractivity contribution is 0.0614. The van der Waals surface area contributed by atoms with E-state index in [1.165, 1.54) is 6.42 Å². The van der Waals surface area contributed by atoms with Crippen molar-refractivity contribution in [3.63, 3.8) is 0 Å². The lowest BCUT2D eigenvalue weighted by Gasteiger charge is -2.34. The van der Waals surface area contributed by atoms with E-state index in [0.29, 0.717) is 0 Å². The normalized spacial score (nSPS) is 25.1. The van der Waals surface area contributed by atoms with Crippen LogP contribution in [0.25, 0.3) is 0 Å². The van der Waals surface area contributed by atoms with Crippen LogP contribution in [0.1, 0.15) is 19.8 Å².